The molecule has 0 radical (unpaired) electrons. The van der Waals surface area contributed by atoms with E-state index in [9.17, 15) is 9.90 Å². The standard InChI is InChI=1S/C11H11IN4O2/c1-16-6-14-10(15-16)5-13-11(18)8-4-7(12)2-3-9(8)17/h2-4,6,17H,5H2,1H3,(H,13,18). The number of hydrogen-bond acceptors (Lipinski definition) is 4. The lowest BCUT2D eigenvalue weighted by Crippen LogP contribution is -2.23. The van der Waals surface area contributed by atoms with Crippen LogP contribution in [0.1, 0.15) is 16.2 Å². The van der Waals surface area contributed by atoms with Gasteiger partial charge in [0.2, 0.25) is 0 Å². The second-order valence-electron chi connectivity index (χ2n) is 3.68. The van der Waals surface area contributed by atoms with Gasteiger partial charge in [-0.3, -0.25) is 9.48 Å². The molecule has 0 spiro atoms. The predicted molar refractivity (Wildman–Crippen MR) is 73.0 cm³/mol. The Labute approximate surface area is 117 Å². The molecule has 1 aromatic heterocycles. The van der Waals surface area contributed by atoms with Gasteiger partial charge >= 0.3 is 0 Å². The quantitative estimate of drug-likeness (QED) is 0.804. The van der Waals surface area contributed by atoms with E-state index in [4.69, 9.17) is 0 Å². The second-order valence-corrected chi connectivity index (χ2v) is 4.92. The number of phenols is 1. The molecule has 0 saturated carbocycles. The molecule has 0 fully saturated rings. The molecule has 18 heavy (non-hydrogen) atoms. The minimum absolute atomic E-state index is 0.0399. The van der Waals surface area contributed by atoms with E-state index in [1.54, 1.807) is 30.2 Å². The number of nitrogens with zero attached hydrogens (tertiary/aromatic N) is 3. The number of aryl methyl sites for hydroxylation is 1. The fourth-order valence-electron chi connectivity index (χ4n) is 1.41. The van der Waals surface area contributed by atoms with E-state index in [1.807, 2.05) is 0 Å². The Bertz CT molecular complexity index is 582. The molecule has 0 atom stereocenters. The Morgan fingerprint density at radius 1 is 1.56 bits per heavy atom. The molecule has 2 N–H and O–H groups in total. The van der Waals surface area contributed by atoms with Crippen LogP contribution in [0, 0.1) is 3.57 Å². The van der Waals surface area contributed by atoms with Crippen molar-refractivity contribution in [3.8, 4) is 5.75 Å². The van der Waals surface area contributed by atoms with Gasteiger partial charge in [-0.05, 0) is 40.8 Å². The van der Waals surface area contributed by atoms with Crippen molar-refractivity contribution in [3.05, 3.63) is 39.5 Å². The molecule has 0 aliphatic rings. The summed E-state index contributed by atoms with van der Waals surface area (Å²) >= 11 is 2.08. The topological polar surface area (TPSA) is 80.0 Å². The average Bonchev–Trinajstić information content (AvgIpc) is 2.75. The van der Waals surface area contributed by atoms with Crippen molar-refractivity contribution >= 4 is 28.5 Å². The van der Waals surface area contributed by atoms with Crippen molar-refractivity contribution in [2.45, 2.75) is 6.54 Å². The lowest BCUT2D eigenvalue weighted by Gasteiger charge is -2.05. The maximum atomic E-state index is 11.9. The molecule has 0 bridgehead atoms. The summed E-state index contributed by atoms with van der Waals surface area (Å²) in [5.74, 6) is 0.135. The minimum Gasteiger partial charge on any atom is -0.507 e. The molecule has 1 amide bonds. The van der Waals surface area contributed by atoms with Crippen molar-refractivity contribution in [1.82, 2.24) is 20.1 Å². The van der Waals surface area contributed by atoms with Gasteiger partial charge in [0.15, 0.2) is 5.82 Å². The number of aromatic hydroxyl groups is 1. The molecule has 0 saturated heterocycles. The van der Waals surface area contributed by atoms with Crippen LogP contribution in [-0.4, -0.2) is 25.8 Å². The Kier molecular flexibility index (Phi) is 3.80. The summed E-state index contributed by atoms with van der Waals surface area (Å²) in [6.07, 6.45) is 1.56. The minimum atomic E-state index is -0.349. The summed E-state index contributed by atoms with van der Waals surface area (Å²) in [4.78, 5) is 15.9. The highest BCUT2D eigenvalue weighted by molar-refractivity contribution is 14.1. The van der Waals surface area contributed by atoms with Crippen LogP contribution in [0.25, 0.3) is 0 Å². The molecule has 1 heterocycles. The van der Waals surface area contributed by atoms with E-state index in [1.165, 1.54) is 6.07 Å². The number of rotatable bonds is 3. The zero-order valence-electron chi connectivity index (χ0n) is 9.59. The molecular formula is C11H11IN4O2. The summed E-state index contributed by atoms with van der Waals surface area (Å²) in [6, 6.07) is 4.85. The highest BCUT2D eigenvalue weighted by Crippen LogP contribution is 2.19. The molecule has 2 aromatic rings. The normalized spacial score (nSPS) is 10.3. The van der Waals surface area contributed by atoms with Gasteiger partial charge in [0.05, 0.1) is 12.1 Å². The van der Waals surface area contributed by atoms with Crippen LogP contribution in [0.5, 0.6) is 5.75 Å². The van der Waals surface area contributed by atoms with Crippen molar-refractivity contribution in [2.24, 2.45) is 7.05 Å². The zero-order valence-corrected chi connectivity index (χ0v) is 11.7. The lowest BCUT2D eigenvalue weighted by molar-refractivity contribution is 0.0947. The highest BCUT2D eigenvalue weighted by atomic mass is 127. The Balaban J connectivity index is 2.05. The number of amides is 1. The first-order valence-corrected chi connectivity index (χ1v) is 6.25. The molecular weight excluding hydrogens is 347 g/mol. The fourth-order valence-corrected chi connectivity index (χ4v) is 1.90. The average molecular weight is 358 g/mol. The van der Waals surface area contributed by atoms with Crippen molar-refractivity contribution in [3.63, 3.8) is 0 Å². The largest absolute Gasteiger partial charge is 0.507 e. The van der Waals surface area contributed by atoms with Crippen LogP contribution < -0.4 is 5.32 Å². The predicted octanol–water partition coefficient (Wildman–Crippen LogP) is 1.06. The first-order chi connectivity index (χ1) is 8.56. The summed E-state index contributed by atoms with van der Waals surface area (Å²) in [5.41, 5.74) is 0.248. The van der Waals surface area contributed by atoms with Crippen LogP contribution in [0.15, 0.2) is 24.5 Å². The van der Waals surface area contributed by atoms with Crippen molar-refractivity contribution < 1.29 is 9.90 Å². The molecule has 94 valence electrons. The number of phenolic OH excluding ortho intramolecular Hbond substituents is 1. The number of benzene rings is 1. The van der Waals surface area contributed by atoms with Gasteiger partial charge in [0.1, 0.15) is 12.1 Å². The molecule has 0 aliphatic carbocycles. The third kappa shape index (κ3) is 2.97. The van der Waals surface area contributed by atoms with E-state index in [2.05, 4.69) is 38.0 Å². The Morgan fingerprint density at radius 2 is 2.33 bits per heavy atom. The Morgan fingerprint density at radius 3 is 3.00 bits per heavy atom. The van der Waals surface area contributed by atoms with Gasteiger partial charge in [-0.25, -0.2) is 4.98 Å². The number of carbonyl (C=O) groups excluding carboxylic acids is 1. The third-order valence-electron chi connectivity index (χ3n) is 2.26. The fraction of sp³-hybridized carbons (Fsp3) is 0.182. The van der Waals surface area contributed by atoms with E-state index in [-0.39, 0.29) is 23.8 Å². The summed E-state index contributed by atoms with van der Waals surface area (Å²) in [7, 11) is 1.75. The molecule has 2 rings (SSSR count). The van der Waals surface area contributed by atoms with Crippen LogP contribution in [-0.2, 0) is 13.6 Å². The molecule has 0 aliphatic heterocycles. The first-order valence-electron chi connectivity index (χ1n) is 5.17. The zero-order chi connectivity index (χ0) is 13.1. The number of carbonyl (C=O) groups is 1. The monoisotopic (exact) mass is 358 g/mol. The van der Waals surface area contributed by atoms with Gasteiger partial charge < -0.3 is 10.4 Å². The maximum Gasteiger partial charge on any atom is 0.255 e. The number of hydrogen-bond donors (Lipinski definition) is 2. The van der Waals surface area contributed by atoms with E-state index < -0.39 is 0 Å². The molecule has 6 nitrogen and oxygen atoms in total. The van der Waals surface area contributed by atoms with E-state index >= 15 is 0 Å². The summed E-state index contributed by atoms with van der Waals surface area (Å²) in [5, 5.41) is 16.3. The molecule has 7 heteroatoms. The van der Waals surface area contributed by atoms with E-state index in [0.29, 0.717) is 5.82 Å². The van der Waals surface area contributed by atoms with Crippen LogP contribution in [0.2, 0.25) is 0 Å². The van der Waals surface area contributed by atoms with Gasteiger partial charge in [0.25, 0.3) is 5.91 Å². The van der Waals surface area contributed by atoms with Crippen LogP contribution in [0.4, 0.5) is 0 Å². The number of aromatic nitrogens is 3. The van der Waals surface area contributed by atoms with Crippen molar-refractivity contribution in [1.29, 1.82) is 0 Å². The highest BCUT2D eigenvalue weighted by Gasteiger charge is 2.11. The lowest BCUT2D eigenvalue weighted by atomic mass is 10.2. The van der Waals surface area contributed by atoms with Gasteiger partial charge in [0, 0.05) is 10.6 Å². The van der Waals surface area contributed by atoms with Gasteiger partial charge in [-0.15, -0.1) is 0 Å². The second kappa shape index (κ2) is 5.34. The van der Waals surface area contributed by atoms with Crippen LogP contribution >= 0.6 is 22.6 Å². The smallest absolute Gasteiger partial charge is 0.255 e. The third-order valence-corrected chi connectivity index (χ3v) is 2.93. The SMILES string of the molecule is Cn1cnc(CNC(=O)c2cc(I)ccc2O)n1. The number of halogens is 1. The number of nitrogens with one attached hydrogen (secondary N) is 1. The first kappa shape index (κ1) is 12.8. The van der Waals surface area contributed by atoms with Gasteiger partial charge in [-0.2, -0.15) is 5.10 Å². The van der Waals surface area contributed by atoms with E-state index in [0.717, 1.165) is 3.57 Å². The van der Waals surface area contributed by atoms with Crippen molar-refractivity contribution in [2.75, 3.05) is 0 Å². The Hall–Kier alpha value is -1.64. The summed E-state index contributed by atoms with van der Waals surface area (Å²) < 4.78 is 2.44. The molecule has 1 aromatic carbocycles. The van der Waals surface area contributed by atoms with Crippen LogP contribution in [0.3, 0.4) is 0 Å². The van der Waals surface area contributed by atoms with Gasteiger partial charge in [-0.1, -0.05) is 0 Å². The summed E-state index contributed by atoms with van der Waals surface area (Å²) in [6.45, 7) is 0.227. The molecule has 0 unspecified atom stereocenters. The maximum absolute atomic E-state index is 11.9.